The summed E-state index contributed by atoms with van der Waals surface area (Å²) in [6.07, 6.45) is -3.30. The van der Waals surface area contributed by atoms with Gasteiger partial charge in [0.25, 0.3) is 6.43 Å². The Morgan fingerprint density at radius 2 is 2.08 bits per heavy atom. The number of hydrogen-bond donors (Lipinski definition) is 1. The van der Waals surface area contributed by atoms with Gasteiger partial charge in [-0.25, -0.2) is 8.78 Å². The third-order valence-electron chi connectivity index (χ3n) is 1.72. The molecule has 2 nitrogen and oxygen atoms in total. The van der Waals surface area contributed by atoms with Gasteiger partial charge in [0.2, 0.25) is 0 Å². The van der Waals surface area contributed by atoms with Crippen LogP contribution in [0.15, 0.2) is 0 Å². The van der Waals surface area contributed by atoms with Gasteiger partial charge in [-0.2, -0.15) is 0 Å². The second-order valence-electron chi connectivity index (χ2n) is 3.45. The largest absolute Gasteiger partial charge is 0.369 e. The minimum Gasteiger partial charge on any atom is -0.369 e. The minimum absolute atomic E-state index is 0. The molecule has 5 heteroatoms. The van der Waals surface area contributed by atoms with Gasteiger partial charge in [0.1, 0.15) is 6.10 Å². The molecule has 1 rings (SSSR count). The van der Waals surface area contributed by atoms with Crippen molar-refractivity contribution in [2.75, 3.05) is 13.2 Å². The number of halogens is 3. The van der Waals surface area contributed by atoms with E-state index >= 15 is 0 Å². The average Bonchev–Trinajstić information content (AvgIpc) is 1.86. The van der Waals surface area contributed by atoms with E-state index in [0.717, 1.165) is 0 Å². The van der Waals surface area contributed by atoms with Gasteiger partial charge in [-0.1, -0.05) is 0 Å². The fourth-order valence-electron chi connectivity index (χ4n) is 0.964. The first-order valence-electron chi connectivity index (χ1n) is 3.66. The van der Waals surface area contributed by atoms with Crippen molar-refractivity contribution in [2.24, 2.45) is 0 Å². The normalized spacial score (nSPS) is 28.2. The molecule has 0 aromatic heterocycles. The molecule has 0 aromatic carbocycles. The molecule has 74 valence electrons. The zero-order chi connectivity index (χ0) is 8.48. The summed E-state index contributed by atoms with van der Waals surface area (Å²) >= 11 is 0. The van der Waals surface area contributed by atoms with Crippen molar-refractivity contribution in [3.63, 3.8) is 0 Å². The predicted molar refractivity (Wildman–Crippen MR) is 45.1 cm³/mol. The highest BCUT2D eigenvalue weighted by Gasteiger charge is 2.31. The highest BCUT2D eigenvalue weighted by atomic mass is 35.5. The monoisotopic (exact) mass is 201 g/mol. The van der Waals surface area contributed by atoms with E-state index in [-0.39, 0.29) is 24.5 Å². The molecule has 0 spiro atoms. The molecule has 1 aliphatic heterocycles. The van der Waals surface area contributed by atoms with Gasteiger partial charge in [0.15, 0.2) is 0 Å². The molecule has 0 amide bonds. The SMILES string of the molecule is CC1(C)COC(C(F)F)CN1.Cl. The lowest BCUT2D eigenvalue weighted by atomic mass is 10.1. The van der Waals surface area contributed by atoms with E-state index in [1.165, 1.54) is 0 Å². The molecule has 0 bridgehead atoms. The molecular weight excluding hydrogens is 188 g/mol. The van der Waals surface area contributed by atoms with E-state index in [9.17, 15) is 8.78 Å². The Balaban J connectivity index is 0.00000121. The molecule has 12 heavy (non-hydrogen) atoms. The Morgan fingerprint density at radius 3 is 2.42 bits per heavy atom. The van der Waals surface area contributed by atoms with Crippen LogP contribution in [0.1, 0.15) is 13.8 Å². The lowest BCUT2D eigenvalue weighted by Gasteiger charge is -2.35. The summed E-state index contributed by atoms with van der Waals surface area (Å²) in [5.74, 6) is 0. The zero-order valence-electron chi connectivity index (χ0n) is 7.14. The lowest BCUT2D eigenvalue weighted by molar-refractivity contribution is -0.0957. The minimum atomic E-state index is -2.38. The van der Waals surface area contributed by atoms with Crippen LogP contribution in [0.2, 0.25) is 0 Å². The average molecular weight is 202 g/mol. The van der Waals surface area contributed by atoms with Crippen molar-refractivity contribution in [3.05, 3.63) is 0 Å². The third-order valence-corrected chi connectivity index (χ3v) is 1.72. The highest BCUT2D eigenvalue weighted by molar-refractivity contribution is 5.85. The Morgan fingerprint density at radius 1 is 1.50 bits per heavy atom. The Bertz CT molecular complexity index is 133. The van der Waals surface area contributed by atoms with Crippen LogP contribution in [-0.4, -0.2) is 31.2 Å². The third kappa shape index (κ3) is 3.21. The van der Waals surface area contributed by atoms with E-state index in [1.54, 1.807) is 0 Å². The number of morpholine rings is 1. The predicted octanol–water partition coefficient (Wildman–Crippen LogP) is 1.44. The van der Waals surface area contributed by atoms with Gasteiger partial charge in [-0.05, 0) is 13.8 Å². The quantitative estimate of drug-likeness (QED) is 0.693. The first kappa shape index (κ1) is 12.1. The molecule has 0 aliphatic carbocycles. The van der Waals surface area contributed by atoms with Crippen molar-refractivity contribution in [1.29, 1.82) is 0 Å². The molecule has 1 saturated heterocycles. The summed E-state index contributed by atoms with van der Waals surface area (Å²) in [4.78, 5) is 0. The summed E-state index contributed by atoms with van der Waals surface area (Å²) < 4.78 is 29.0. The van der Waals surface area contributed by atoms with Crippen LogP contribution in [0.5, 0.6) is 0 Å². The van der Waals surface area contributed by atoms with Crippen LogP contribution in [-0.2, 0) is 4.74 Å². The van der Waals surface area contributed by atoms with Crippen LogP contribution in [0, 0.1) is 0 Å². The van der Waals surface area contributed by atoms with Crippen LogP contribution in [0.3, 0.4) is 0 Å². The number of nitrogens with one attached hydrogen (secondary N) is 1. The summed E-state index contributed by atoms with van der Waals surface area (Å²) in [7, 11) is 0. The van der Waals surface area contributed by atoms with Crippen LogP contribution in [0.25, 0.3) is 0 Å². The van der Waals surface area contributed by atoms with Gasteiger partial charge < -0.3 is 10.1 Å². The van der Waals surface area contributed by atoms with Crippen molar-refractivity contribution in [1.82, 2.24) is 5.32 Å². The van der Waals surface area contributed by atoms with Gasteiger partial charge >= 0.3 is 0 Å². The van der Waals surface area contributed by atoms with E-state index in [2.05, 4.69) is 5.32 Å². The van der Waals surface area contributed by atoms with Gasteiger partial charge in [-0.15, -0.1) is 12.4 Å². The molecular formula is C7H14ClF2NO. The lowest BCUT2D eigenvalue weighted by Crippen LogP contribution is -2.55. The number of hydrogen-bond acceptors (Lipinski definition) is 2. The number of ether oxygens (including phenoxy) is 1. The summed E-state index contributed by atoms with van der Waals surface area (Å²) in [6, 6.07) is 0. The zero-order valence-corrected chi connectivity index (χ0v) is 7.96. The van der Waals surface area contributed by atoms with E-state index in [0.29, 0.717) is 6.61 Å². The first-order chi connectivity index (χ1) is 5.01. The molecule has 0 radical (unpaired) electrons. The van der Waals surface area contributed by atoms with Crippen LogP contribution in [0.4, 0.5) is 8.78 Å². The highest BCUT2D eigenvalue weighted by Crippen LogP contribution is 2.15. The fraction of sp³-hybridized carbons (Fsp3) is 1.00. The second kappa shape index (κ2) is 4.35. The Hall–Kier alpha value is 0.0700. The molecule has 1 unspecified atom stereocenters. The topological polar surface area (TPSA) is 21.3 Å². The molecule has 1 heterocycles. The van der Waals surface area contributed by atoms with Gasteiger partial charge in [0, 0.05) is 12.1 Å². The standard InChI is InChI=1S/C7H13F2NO.ClH/c1-7(2)4-11-5(3-10-7)6(8)9;/h5-6,10H,3-4H2,1-2H3;1H. The van der Waals surface area contributed by atoms with Gasteiger partial charge in [-0.3, -0.25) is 0 Å². The molecule has 0 aromatic rings. The second-order valence-corrected chi connectivity index (χ2v) is 3.45. The van der Waals surface area contributed by atoms with Crippen molar-refractivity contribution >= 4 is 12.4 Å². The molecule has 1 atom stereocenters. The van der Waals surface area contributed by atoms with E-state index in [1.807, 2.05) is 13.8 Å². The fourth-order valence-corrected chi connectivity index (χ4v) is 0.964. The van der Waals surface area contributed by atoms with Crippen molar-refractivity contribution in [2.45, 2.75) is 31.9 Å². The maximum atomic E-state index is 12.0. The van der Waals surface area contributed by atoms with Crippen molar-refractivity contribution in [3.8, 4) is 0 Å². The Kier molecular flexibility index (Phi) is 4.37. The van der Waals surface area contributed by atoms with Gasteiger partial charge in [0.05, 0.1) is 6.61 Å². The molecule has 1 fully saturated rings. The number of rotatable bonds is 1. The van der Waals surface area contributed by atoms with Crippen LogP contribution < -0.4 is 5.32 Å². The summed E-state index contributed by atoms with van der Waals surface area (Å²) in [5, 5.41) is 2.98. The van der Waals surface area contributed by atoms with Crippen molar-refractivity contribution < 1.29 is 13.5 Å². The first-order valence-corrected chi connectivity index (χ1v) is 3.66. The van der Waals surface area contributed by atoms with Crippen LogP contribution >= 0.6 is 12.4 Å². The maximum absolute atomic E-state index is 12.0. The summed E-state index contributed by atoms with van der Waals surface area (Å²) in [5.41, 5.74) is -0.161. The molecule has 1 N–H and O–H groups in total. The smallest absolute Gasteiger partial charge is 0.265 e. The van der Waals surface area contributed by atoms with E-state index < -0.39 is 12.5 Å². The summed E-state index contributed by atoms with van der Waals surface area (Å²) in [6.45, 7) is 4.44. The maximum Gasteiger partial charge on any atom is 0.265 e. The Labute approximate surface area is 77.1 Å². The van der Waals surface area contributed by atoms with E-state index in [4.69, 9.17) is 4.74 Å². The molecule has 0 saturated carbocycles. The number of alkyl halides is 2. The molecule has 1 aliphatic rings.